The fourth-order valence-corrected chi connectivity index (χ4v) is 4.36. The molecule has 4 nitrogen and oxygen atoms in total. The van der Waals surface area contributed by atoms with Crippen molar-refractivity contribution >= 4 is 33.2 Å². The second-order valence-corrected chi connectivity index (χ2v) is 8.13. The van der Waals surface area contributed by atoms with Crippen molar-refractivity contribution in [2.75, 3.05) is 6.54 Å². The number of H-pyrrole nitrogens is 1. The molecular weight excluding hydrogens is 390 g/mol. The molecule has 0 spiro atoms. The Labute approximate surface area is 172 Å². The number of thiophene rings is 1. The highest BCUT2D eigenvalue weighted by molar-refractivity contribution is 7.17. The van der Waals surface area contributed by atoms with Crippen LogP contribution in [0.15, 0.2) is 64.8 Å². The summed E-state index contributed by atoms with van der Waals surface area (Å²) in [6.45, 7) is 2.97. The topological polar surface area (TPSA) is 62.4 Å². The lowest BCUT2D eigenvalue weighted by atomic mass is 10.1. The fourth-order valence-electron chi connectivity index (χ4n) is 3.27. The third-order valence-corrected chi connectivity index (χ3v) is 5.97. The standard InChI is InChI=1S/C22H20ClN3OS/c1-14(24-12-11-15-7-9-17(23)10-8-15)20-25-21(27)19-18(13-28-22(19)26-20)16-5-3-2-4-6-16/h2-10,13-14,24H,11-12H2,1H3,(H,25,26,27)/p+1/t14-/m1/s1. The molecule has 6 heteroatoms. The summed E-state index contributed by atoms with van der Waals surface area (Å²) in [4.78, 5) is 21.3. The minimum absolute atomic E-state index is 0.0712. The van der Waals surface area contributed by atoms with Gasteiger partial charge in [-0.2, -0.15) is 0 Å². The van der Waals surface area contributed by atoms with E-state index < -0.39 is 0 Å². The monoisotopic (exact) mass is 410 g/mol. The van der Waals surface area contributed by atoms with Crippen LogP contribution in [0.5, 0.6) is 0 Å². The van der Waals surface area contributed by atoms with Gasteiger partial charge in [-0.3, -0.25) is 4.79 Å². The van der Waals surface area contributed by atoms with Gasteiger partial charge in [0.05, 0.1) is 11.9 Å². The van der Waals surface area contributed by atoms with Crippen LogP contribution in [0, 0.1) is 0 Å². The Kier molecular flexibility index (Phi) is 5.57. The van der Waals surface area contributed by atoms with E-state index in [4.69, 9.17) is 16.6 Å². The van der Waals surface area contributed by atoms with Crippen LogP contribution in [0.3, 0.4) is 0 Å². The van der Waals surface area contributed by atoms with E-state index in [9.17, 15) is 4.79 Å². The van der Waals surface area contributed by atoms with Crippen molar-refractivity contribution in [2.24, 2.45) is 0 Å². The van der Waals surface area contributed by atoms with E-state index in [1.54, 1.807) is 0 Å². The van der Waals surface area contributed by atoms with Gasteiger partial charge in [0.25, 0.3) is 5.56 Å². The number of hydrogen-bond acceptors (Lipinski definition) is 3. The molecule has 0 saturated heterocycles. The van der Waals surface area contributed by atoms with Crippen molar-refractivity contribution in [3.8, 4) is 11.1 Å². The molecule has 4 aromatic rings. The highest BCUT2D eigenvalue weighted by atomic mass is 35.5. The van der Waals surface area contributed by atoms with E-state index in [0.29, 0.717) is 5.39 Å². The van der Waals surface area contributed by atoms with Gasteiger partial charge in [0.2, 0.25) is 0 Å². The molecule has 28 heavy (non-hydrogen) atoms. The molecule has 142 valence electrons. The zero-order valence-corrected chi connectivity index (χ0v) is 17.1. The Bertz CT molecular complexity index is 1140. The van der Waals surface area contributed by atoms with Crippen molar-refractivity contribution in [1.82, 2.24) is 9.97 Å². The number of fused-ring (bicyclic) bond motifs is 1. The van der Waals surface area contributed by atoms with E-state index in [1.807, 2.05) is 60.0 Å². The molecule has 0 amide bonds. The largest absolute Gasteiger partial charge is 0.337 e. The molecule has 2 heterocycles. The summed E-state index contributed by atoms with van der Waals surface area (Å²) in [6.07, 6.45) is 0.936. The molecule has 0 aliphatic carbocycles. The first-order valence-corrected chi connectivity index (χ1v) is 10.5. The first-order valence-electron chi connectivity index (χ1n) is 9.26. The zero-order chi connectivity index (χ0) is 19.5. The predicted octanol–water partition coefficient (Wildman–Crippen LogP) is 4.17. The molecule has 0 unspecified atom stereocenters. The van der Waals surface area contributed by atoms with Gasteiger partial charge in [-0.25, -0.2) is 4.98 Å². The number of rotatable bonds is 6. The molecular formula is C22H21ClN3OS+. The summed E-state index contributed by atoms with van der Waals surface area (Å²) in [6, 6.07) is 18.0. The minimum Gasteiger partial charge on any atom is -0.337 e. The normalized spacial score (nSPS) is 12.4. The summed E-state index contributed by atoms with van der Waals surface area (Å²) in [5.41, 5.74) is 3.16. The second-order valence-electron chi connectivity index (χ2n) is 6.84. The van der Waals surface area contributed by atoms with Gasteiger partial charge < -0.3 is 10.3 Å². The molecule has 0 aliphatic rings. The van der Waals surface area contributed by atoms with Crippen LogP contribution in [-0.2, 0) is 6.42 Å². The van der Waals surface area contributed by atoms with Crippen LogP contribution in [0.2, 0.25) is 5.02 Å². The van der Waals surface area contributed by atoms with Crippen LogP contribution in [0.4, 0.5) is 0 Å². The third kappa shape index (κ3) is 4.02. The van der Waals surface area contributed by atoms with E-state index in [0.717, 1.165) is 39.8 Å². The van der Waals surface area contributed by atoms with Crippen LogP contribution >= 0.6 is 22.9 Å². The zero-order valence-electron chi connectivity index (χ0n) is 15.5. The van der Waals surface area contributed by atoms with Crippen molar-refractivity contribution in [3.05, 3.63) is 86.7 Å². The maximum Gasteiger partial charge on any atom is 0.260 e. The molecule has 2 aromatic carbocycles. The average molecular weight is 411 g/mol. The summed E-state index contributed by atoms with van der Waals surface area (Å²) in [7, 11) is 0. The summed E-state index contributed by atoms with van der Waals surface area (Å²) < 4.78 is 0. The summed E-state index contributed by atoms with van der Waals surface area (Å²) in [5, 5.41) is 5.64. The third-order valence-electron chi connectivity index (χ3n) is 4.84. The number of nitrogens with zero attached hydrogens (tertiary/aromatic N) is 1. The van der Waals surface area contributed by atoms with Crippen LogP contribution in [-0.4, -0.2) is 16.5 Å². The highest BCUT2D eigenvalue weighted by Gasteiger charge is 2.17. The Morgan fingerprint density at radius 3 is 2.64 bits per heavy atom. The van der Waals surface area contributed by atoms with Gasteiger partial charge in [-0.15, -0.1) is 11.3 Å². The molecule has 1 atom stereocenters. The van der Waals surface area contributed by atoms with Gasteiger partial charge >= 0.3 is 0 Å². The number of hydrogen-bond donors (Lipinski definition) is 2. The number of aromatic amines is 1. The Morgan fingerprint density at radius 1 is 1.14 bits per heavy atom. The van der Waals surface area contributed by atoms with E-state index in [-0.39, 0.29) is 11.6 Å². The summed E-state index contributed by atoms with van der Waals surface area (Å²) in [5.74, 6) is 0.718. The van der Waals surface area contributed by atoms with Gasteiger partial charge in [0.1, 0.15) is 10.9 Å². The molecule has 0 bridgehead atoms. The highest BCUT2D eigenvalue weighted by Crippen LogP contribution is 2.30. The Hall–Kier alpha value is -2.47. The molecule has 2 aromatic heterocycles. The lowest BCUT2D eigenvalue weighted by molar-refractivity contribution is -0.693. The van der Waals surface area contributed by atoms with Crippen molar-refractivity contribution < 1.29 is 5.32 Å². The molecule has 0 saturated carbocycles. The van der Waals surface area contributed by atoms with Gasteiger partial charge in [-0.1, -0.05) is 54.1 Å². The summed E-state index contributed by atoms with van der Waals surface area (Å²) >= 11 is 7.45. The molecule has 0 radical (unpaired) electrons. The van der Waals surface area contributed by atoms with Crippen molar-refractivity contribution in [1.29, 1.82) is 0 Å². The van der Waals surface area contributed by atoms with Gasteiger partial charge in [0, 0.05) is 22.4 Å². The Morgan fingerprint density at radius 2 is 1.89 bits per heavy atom. The van der Waals surface area contributed by atoms with E-state index >= 15 is 0 Å². The van der Waals surface area contributed by atoms with Crippen LogP contribution < -0.4 is 10.9 Å². The van der Waals surface area contributed by atoms with Crippen LogP contribution in [0.1, 0.15) is 24.4 Å². The number of quaternary nitrogens is 1. The van der Waals surface area contributed by atoms with Crippen molar-refractivity contribution in [2.45, 2.75) is 19.4 Å². The number of halogens is 1. The number of benzene rings is 2. The maximum atomic E-state index is 12.8. The van der Waals surface area contributed by atoms with E-state index in [1.165, 1.54) is 16.9 Å². The lowest BCUT2D eigenvalue weighted by Crippen LogP contribution is -2.85. The first kappa shape index (κ1) is 18.9. The molecule has 0 aliphatic heterocycles. The van der Waals surface area contributed by atoms with Gasteiger partial charge in [-0.05, 0) is 30.2 Å². The SMILES string of the molecule is C[C@@H]([NH2+]CCc1ccc(Cl)cc1)c1nc2scc(-c3ccccc3)c2c(=O)[nH]1. The van der Waals surface area contributed by atoms with E-state index in [2.05, 4.69) is 17.2 Å². The number of nitrogens with two attached hydrogens (primary N) is 1. The Balaban J connectivity index is 1.51. The fraction of sp³-hybridized carbons (Fsp3) is 0.182. The average Bonchev–Trinajstić information content (AvgIpc) is 3.15. The van der Waals surface area contributed by atoms with Crippen LogP contribution in [0.25, 0.3) is 21.3 Å². The number of aromatic nitrogens is 2. The quantitative estimate of drug-likeness (QED) is 0.501. The smallest absolute Gasteiger partial charge is 0.260 e. The molecule has 3 N–H and O–H groups in total. The lowest BCUT2D eigenvalue weighted by Gasteiger charge is -2.10. The predicted molar refractivity (Wildman–Crippen MR) is 116 cm³/mol. The minimum atomic E-state index is -0.0712. The second kappa shape index (κ2) is 8.27. The first-order chi connectivity index (χ1) is 13.6. The molecule has 0 fully saturated rings. The van der Waals surface area contributed by atoms with Gasteiger partial charge in [0.15, 0.2) is 5.82 Å². The number of nitrogens with one attached hydrogen (secondary N) is 1. The van der Waals surface area contributed by atoms with Crippen molar-refractivity contribution in [3.63, 3.8) is 0 Å². The molecule has 4 rings (SSSR count). The maximum absolute atomic E-state index is 12.8.